The molecule has 1 aromatic carbocycles. The standard InChI is InChI=1S/C17H22N2O4/c1-2-7-14(17(22)23)18-10-5-6-11-19-15(20)12-8-3-4-9-13(12)16(19)21/h3-4,8-9,14,18H,2,5-7,10-11H2,1H3,(H,22,23). The van der Waals surface area contributed by atoms with Crippen molar-refractivity contribution in [1.82, 2.24) is 10.2 Å². The van der Waals surface area contributed by atoms with Crippen molar-refractivity contribution in [2.75, 3.05) is 13.1 Å². The van der Waals surface area contributed by atoms with Crippen molar-refractivity contribution >= 4 is 17.8 Å². The molecule has 2 rings (SSSR count). The van der Waals surface area contributed by atoms with Crippen LogP contribution in [0.5, 0.6) is 0 Å². The molecule has 0 saturated carbocycles. The molecule has 1 heterocycles. The van der Waals surface area contributed by atoms with Crippen molar-refractivity contribution < 1.29 is 19.5 Å². The van der Waals surface area contributed by atoms with E-state index in [2.05, 4.69) is 5.32 Å². The van der Waals surface area contributed by atoms with Gasteiger partial charge in [-0.2, -0.15) is 0 Å². The van der Waals surface area contributed by atoms with Crippen LogP contribution in [0.25, 0.3) is 0 Å². The van der Waals surface area contributed by atoms with Crippen LogP contribution in [0.2, 0.25) is 0 Å². The van der Waals surface area contributed by atoms with Crippen molar-refractivity contribution in [3.8, 4) is 0 Å². The van der Waals surface area contributed by atoms with Crippen LogP contribution in [-0.4, -0.2) is 46.9 Å². The predicted octanol–water partition coefficient (Wildman–Crippen LogP) is 1.91. The first-order chi connectivity index (χ1) is 11.1. The summed E-state index contributed by atoms with van der Waals surface area (Å²) in [6.07, 6.45) is 2.75. The van der Waals surface area contributed by atoms with E-state index in [1.807, 2.05) is 6.92 Å². The van der Waals surface area contributed by atoms with Crippen molar-refractivity contribution in [3.05, 3.63) is 35.4 Å². The highest BCUT2D eigenvalue weighted by molar-refractivity contribution is 6.21. The van der Waals surface area contributed by atoms with Gasteiger partial charge in [-0.05, 0) is 37.9 Å². The third-order valence-corrected chi connectivity index (χ3v) is 3.95. The molecule has 1 aliphatic rings. The minimum absolute atomic E-state index is 0.243. The topological polar surface area (TPSA) is 86.7 Å². The molecule has 1 atom stereocenters. The van der Waals surface area contributed by atoms with Crippen molar-refractivity contribution in [2.24, 2.45) is 0 Å². The average molecular weight is 318 g/mol. The van der Waals surface area contributed by atoms with Gasteiger partial charge in [0.25, 0.3) is 11.8 Å². The van der Waals surface area contributed by atoms with Gasteiger partial charge in [-0.25, -0.2) is 0 Å². The lowest BCUT2D eigenvalue weighted by Gasteiger charge is -2.15. The van der Waals surface area contributed by atoms with E-state index in [9.17, 15) is 14.4 Å². The SMILES string of the molecule is CCCC(NCCCCN1C(=O)c2ccccc2C1=O)C(=O)O. The van der Waals surface area contributed by atoms with E-state index < -0.39 is 12.0 Å². The summed E-state index contributed by atoms with van der Waals surface area (Å²) < 4.78 is 0. The molecule has 0 bridgehead atoms. The maximum atomic E-state index is 12.2. The average Bonchev–Trinajstić information content (AvgIpc) is 2.78. The number of benzene rings is 1. The predicted molar refractivity (Wildman–Crippen MR) is 85.4 cm³/mol. The molecule has 1 unspecified atom stereocenters. The Balaban J connectivity index is 1.77. The summed E-state index contributed by atoms with van der Waals surface area (Å²) in [5, 5.41) is 12.0. The summed E-state index contributed by atoms with van der Waals surface area (Å²) in [6, 6.07) is 6.30. The Hall–Kier alpha value is -2.21. The van der Waals surface area contributed by atoms with E-state index in [1.165, 1.54) is 4.90 Å². The molecule has 23 heavy (non-hydrogen) atoms. The number of unbranched alkanes of at least 4 members (excludes halogenated alkanes) is 1. The number of imide groups is 1. The number of rotatable bonds is 9. The summed E-state index contributed by atoms with van der Waals surface area (Å²) >= 11 is 0. The first-order valence-corrected chi connectivity index (χ1v) is 7.97. The summed E-state index contributed by atoms with van der Waals surface area (Å²) in [6.45, 7) is 2.86. The Bertz CT molecular complexity index is 565. The lowest BCUT2D eigenvalue weighted by Crippen LogP contribution is -2.37. The van der Waals surface area contributed by atoms with Gasteiger partial charge < -0.3 is 10.4 Å². The number of carboxylic acid groups (broad SMARTS) is 1. The number of amides is 2. The van der Waals surface area contributed by atoms with Gasteiger partial charge in [0.15, 0.2) is 0 Å². The number of hydrogen-bond donors (Lipinski definition) is 2. The minimum atomic E-state index is -0.841. The highest BCUT2D eigenvalue weighted by Gasteiger charge is 2.34. The lowest BCUT2D eigenvalue weighted by atomic mass is 10.1. The highest BCUT2D eigenvalue weighted by atomic mass is 16.4. The molecule has 1 aromatic rings. The molecular formula is C17H22N2O4. The molecule has 0 aromatic heterocycles. The summed E-state index contributed by atoms with van der Waals surface area (Å²) in [4.78, 5) is 36.6. The molecule has 6 heteroatoms. The Kier molecular flexibility index (Phi) is 5.87. The number of carbonyl (C=O) groups excluding carboxylic acids is 2. The largest absolute Gasteiger partial charge is 0.480 e. The maximum absolute atomic E-state index is 12.2. The van der Waals surface area contributed by atoms with E-state index in [0.29, 0.717) is 43.5 Å². The lowest BCUT2D eigenvalue weighted by molar-refractivity contribution is -0.139. The number of fused-ring (bicyclic) bond motifs is 1. The molecule has 2 amide bonds. The second-order valence-electron chi connectivity index (χ2n) is 5.65. The highest BCUT2D eigenvalue weighted by Crippen LogP contribution is 2.22. The van der Waals surface area contributed by atoms with Crippen LogP contribution in [0.3, 0.4) is 0 Å². The Morgan fingerprint density at radius 2 is 1.78 bits per heavy atom. The zero-order valence-corrected chi connectivity index (χ0v) is 13.2. The number of carbonyl (C=O) groups is 3. The molecular weight excluding hydrogens is 296 g/mol. The van der Waals surface area contributed by atoms with Crippen LogP contribution in [0.15, 0.2) is 24.3 Å². The van der Waals surface area contributed by atoms with Crippen molar-refractivity contribution in [1.29, 1.82) is 0 Å². The van der Waals surface area contributed by atoms with E-state index in [0.717, 1.165) is 6.42 Å². The molecule has 0 spiro atoms. The first kappa shape index (κ1) is 17.1. The summed E-state index contributed by atoms with van der Waals surface area (Å²) in [7, 11) is 0. The number of aliphatic carboxylic acids is 1. The van der Waals surface area contributed by atoms with Gasteiger partial charge in [0, 0.05) is 6.54 Å². The fourth-order valence-electron chi connectivity index (χ4n) is 2.71. The molecule has 0 radical (unpaired) electrons. The quantitative estimate of drug-likeness (QED) is 0.536. The zero-order valence-electron chi connectivity index (χ0n) is 13.2. The normalized spacial score (nSPS) is 14.9. The van der Waals surface area contributed by atoms with Crippen LogP contribution in [0.4, 0.5) is 0 Å². The molecule has 1 aliphatic heterocycles. The van der Waals surface area contributed by atoms with E-state index in [4.69, 9.17) is 5.11 Å². The van der Waals surface area contributed by atoms with E-state index in [1.54, 1.807) is 24.3 Å². The third-order valence-electron chi connectivity index (χ3n) is 3.95. The number of nitrogens with zero attached hydrogens (tertiary/aromatic N) is 1. The smallest absolute Gasteiger partial charge is 0.320 e. The second-order valence-corrected chi connectivity index (χ2v) is 5.65. The summed E-state index contributed by atoms with van der Waals surface area (Å²) in [5.41, 5.74) is 0.925. The first-order valence-electron chi connectivity index (χ1n) is 7.97. The minimum Gasteiger partial charge on any atom is -0.480 e. The number of hydrogen-bond acceptors (Lipinski definition) is 4. The fourth-order valence-corrected chi connectivity index (χ4v) is 2.71. The summed E-state index contributed by atoms with van der Waals surface area (Å²) in [5.74, 6) is -1.33. The maximum Gasteiger partial charge on any atom is 0.320 e. The second kappa shape index (κ2) is 7.87. The van der Waals surface area contributed by atoms with Gasteiger partial charge in [-0.1, -0.05) is 25.5 Å². The van der Waals surface area contributed by atoms with Crippen molar-refractivity contribution in [2.45, 2.75) is 38.6 Å². The van der Waals surface area contributed by atoms with Gasteiger partial charge in [0.2, 0.25) is 0 Å². The molecule has 2 N–H and O–H groups in total. The Morgan fingerprint density at radius 3 is 2.30 bits per heavy atom. The van der Waals surface area contributed by atoms with Crippen LogP contribution in [-0.2, 0) is 4.79 Å². The van der Waals surface area contributed by atoms with Gasteiger partial charge in [0.1, 0.15) is 6.04 Å². The van der Waals surface area contributed by atoms with Gasteiger partial charge >= 0.3 is 5.97 Å². The molecule has 0 aliphatic carbocycles. The van der Waals surface area contributed by atoms with Crippen LogP contribution < -0.4 is 5.32 Å². The van der Waals surface area contributed by atoms with Crippen LogP contribution in [0.1, 0.15) is 53.3 Å². The number of carboxylic acids is 1. The van der Waals surface area contributed by atoms with E-state index >= 15 is 0 Å². The Morgan fingerprint density at radius 1 is 1.17 bits per heavy atom. The molecule has 124 valence electrons. The van der Waals surface area contributed by atoms with Gasteiger partial charge in [0.05, 0.1) is 11.1 Å². The molecule has 0 fully saturated rings. The van der Waals surface area contributed by atoms with Crippen LogP contribution >= 0.6 is 0 Å². The monoisotopic (exact) mass is 318 g/mol. The fraction of sp³-hybridized carbons (Fsp3) is 0.471. The van der Waals surface area contributed by atoms with Gasteiger partial charge in [-0.15, -0.1) is 0 Å². The number of nitrogens with one attached hydrogen (secondary N) is 1. The third kappa shape index (κ3) is 3.96. The molecule has 6 nitrogen and oxygen atoms in total. The molecule has 0 saturated heterocycles. The van der Waals surface area contributed by atoms with E-state index in [-0.39, 0.29) is 11.8 Å². The van der Waals surface area contributed by atoms with Gasteiger partial charge in [-0.3, -0.25) is 19.3 Å². The van der Waals surface area contributed by atoms with Crippen molar-refractivity contribution in [3.63, 3.8) is 0 Å². The zero-order chi connectivity index (χ0) is 16.8. The van der Waals surface area contributed by atoms with Crippen LogP contribution in [0, 0.1) is 0 Å². The Labute approximate surface area is 135 Å².